The van der Waals surface area contributed by atoms with Crippen molar-refractivity contribution in [3.8, 4) is 0 Å². The van der Waals surface area contributed by atoms with Crippen LogP contribution in [-0.2, 0) is 4.79 Å². The zero-order chi connectivity index (χ0) is 14.4. The van der Waals surface area contributed by atoms with E-state index < -0.39 is 0 Å². The van der Waals surface area contributed by atoms with Gasteiger partial charge >= 0.3 is 0 Å². The van der Waals surface area contributed by atoms with Crippen LogP contribution in [0.2, 0.25) is 0 Å². The van der Waals surface area contributed by atoms with E-state index in [2.05, 4.69) is 44.8 Å². The molecule has 112 valence electrons. The Morgan fingerprint density at radius 2 is 1.84 bits per heavy atom. The third-order valence-electron chi connectivity index (χ3n) is 4.38. The molecule has 3 nitrogen and oxygen atoms in total. The highest BCUT2D eigenvalue weighted by atomic mass is 16.2. The first-order chi connectivity index (χ1) is 9.04. The fraction of sp³-hybridized carbons (Fsp3) is 0.938. The molecular weight excluding hydrogens is 236 g/mol. The van der Waals surface area contributed by atoms with Crippen molar-refractivity contribution in [3.05, 3.63) is 0 Å². The normalized spacial score (nSPS) is 23.9. The number of hydrogen-bond donors (Lipinski definition) is 1. The smallest absolute Gasteiger partial charge is 0.241 e. The Bertz CT molecular complexity index is 274. The van der Waals surface area contributed by atoms with Crippen molar-refractivity contribution >= 4 is 5.91 Å². The van der Waals surface area contributed by atoms with Crippen molar-refractivity contribution in [2.45, 2.75) is 78.9 Å². The minimum Gasteiger partial charge on any atom is -0.325 e. The van der Waals surface area contributed by atoms with Crippen LogP contribution in [0.3, 0.4) is 0 Å². The van der Waals surface area contributed by atoms with Crippen LogP contribution in [0.5, 0.6) is 0 Å². The Hall–Kier alpha value is -0.570. The third kappa shape index (κ3) is 4.20. The average molecular weight is 268 g/mol. The summed E-state index contributed by atoms with van der Waals surface area (Å²) < 4.78 is 0. The molecule has 1 aliphatic heterocycles. The molecule has 1 aliphatic rings. The highest BCUT2D eigenvalue weighted by molar-refractivity contribution is 5.84. The predicted molar refractivity (Wildman–Crippen MR) is 80.9 cm³/mol. The lowest BCUT2D eigenvalue weighted by molar-refractivity contribution is -0.131. The molecule has 19 heavy (non-hydrogen) atoms. The van der Waals surface area contributed by atoms with Gasteiger partial charge in [-0.15, -0.1) is 0 Å². The van der Waals surface area contributed by atoms with Gasteiger partial charge in [0.25, 0.3) is 0 Å². The number of carbonyl (C=O) groups is 1. The molecule has 0 radical (unpaired) electrons. The molecule has 1 rings (SSSR count). The number of rotatable bonds is 8. The second-order valence-corrected chi connectivity index (χ2v) is 6.22. The third-order valence-corrected chi connectivity index (χ3v) is 4.38. The summed E-state index contributed by atoms with van der Waals surface area (Å²) in [7, 11) is 0. The lowest BCUT2D eigenvalue weighted by atomic mass is 10.0. The number of nitrogens with one attached hydrogen (secondary N) is 1. The van der Waals surface area contributed by atoms with E-state index in [1.54, 1.807) is 0 Å². The molecule has 0 bridgehead atoms. The largest absolute Gasteiger partial charge is 0.325 e. The van der Waals surface area contributed by atoms with E-state index in [4.69, 9.17) is 0 Å². The minimum atomic E-state index is 0.0571. The SMILES string of the molecule is CCCCC1NC(C(C)C)N(CC(CC)CC)C1=O. The number of nitrogens with zero attached hydrogens (tertiary/aromatic N) is 1. The van der Waals surface area contributed by atoms with E-state index in [1.165, 1.54) is 0 Å². The van der Waals surface area contributed by atoms with Crippen LogP contribution in [0, 0.1) is 11.8 Å². The van der Waals surface area contributed by atoms with Crippen molar-refractivity contribution in [2.75, 3.05) is 6.54 Å². The molecule has 0 saturated carbocycles. The summed E-state index contributed by atoms with van der Waals surface area (Å²) in [6.45, 7) is 12.0. The maximum Gasteiger partial charge on any atom is 0.241 e. The van der Waals surface area contributed by atoms with Gasteiger partial charge in [-0.05, 0) is 18.3 Å². The summed E-state index contributed by atoms with van der Waals surface area (Å²) >= 11 is 0. The van der Waals surface area contributed by atoms with Gasteiger partial charge in [0.2, 0.25) is 5.91 Å². The molecule has 2 unspecified atom stereocenters. The van der Waals surface area contributed by atoms with Gasteiger partial charge in [0, 0.05) is 6.54 Å². The molecule has 0 aromatic carbocycles. The van der Waals surface area contributed by atoms with Gasteiger partial charge in [-0.3, -0.25) is 10.1 Å². The summed E-state index contributed by atoms with van der Waals surface area (Å²) in [4.78, 5) is 14.7. The minimum absolute atomic E-state index is 0.0571. The Kier molecular flexibility index (Phi) is 6.84. The molecule has 0 spiro atoms. The van der Waals surface area contributed by atoms with Crippen LogP contribution in [0.4, 0.5) is 0 Å². The van der Waals surface area contributed by atoms with Crippen molar-refractivity contribution < 1.29 is 4.79 Å². The number of carbonyl (C=O) groups excluding carboxylic acids is 1. The van der Waals surface area contributed by atoms with Crippen molar-refractivity contribution in [2.24, 2.45) is 11.8 Å². The van der Waals surface area contributed by atoms with Gasteiger partial charge in [0.15, 0.2) is 0 Å². The first kappa shape index (κ1) is 16.5. The summed E-state index contributed by atoms with van der Waals surface area (Å²) in [5.41, 5.74) is 0. The summed E-state index contributed by atoms with van der Waals surface area (Å²) in [6.07, 6.45) is 5.82. The van der Waals surface area contributed by atoms with Crippen LogP contribution >= 0.6 is 0 Å². The van der Waals surface area contributed by atoms with Crippen molar-refractivity contribution in [1.29, 1.82) is 0 Å². The molecule has 1 heterocycles. The predicted octanol–water partition coefficient (Wildman–Crippen LogP) is 3.40. The Morgan fingerprint density at radius 3 is 2.32 bits per heavy atom. The van der Waals surface area contributed by atoms with E-state index in [-0.39, 0.29) is 12.2 Å². The van der Waals surface area contributed by atoms with E-state index in [0.29, 0.717) is 17.7 Å². The van der Waals surface area contributed by atoms with Gasteiger partial charge < -0.3 is 4.90 Å². The molecule has 1 N–H and O–H groups in total. The average Bonchev–Trinajstić information content (AvgIpc) is 2.70. The highest BCUT2D eigenvalue weighted by Gasteiger charge is 2.39. The fourth-order valence-electron chi connectivity index (χ4n) is 2.90. The standard InChI is InChI=1S/C16H32N2O/c1-6-9-10-14-16(19)18(11-13(7-2)8-3)15(17-14)12(4)5/h12-15,17H,6-11H2,1-5H3. The second-order valence-electron chi connectivity index (χ2n) is 6.22. The lowest BCUT2D eigenvalue weighted by Gasteiger charge is -2.30. The topological polar surface area (TPSA) is 32.3 Å². The van der Waals surface area contributed by atoms with Crippen molar-refractivity contribution in [1.82, 2.24) is 10.2 Å². The fourth-order valence-corrected chi connectivity index (χ4v) is 2.90. The number of hydrogen-bond acceptors (Lipinski definition) is 2. The molecule has 0 aliphatic carbocycles. The van der Waals surface area contributed by atoms with Crippen LogP contribution in [0.1, 0.15) is 66.7 Å². The van der Waals surface area contributed by atoms with Crippen LogP contribution < -0.4 is 5.32 Å². The maximum atomic E-state index is 12.6. The monoisotopic (exact) mass is 268 g/mol. The molecular formula is C16H32N2O. The van der Waals surface area contributed by atoms with Crippen LogP contribution in [0.15, 0.2) is 0 Å². The van der Waals surface area contributed by atoms with Gasteiger partial charge in [0.05, 0.1) is 12.2 Å². The van der Waals surface area contributed by atoms with E-state index >= 15 is 0 Å². The van der Waals surface area contributed by atoms with Gasteiger partial charge in [-0.1, -0.05) is 60.3 Å². The highest BCUT2D eigenvalue weighted by Crippen LogP contribution is 2.23. The molecule has 1 amide bonds. The zero-order valence-electron chi connectivity index (χ0n) is 13.4. The Labute approximate surface area is 119 Å². The zero-order valence-corrected chi connectivity index (χ0v) is 13.4. The first-order valence-electron chi connectivity index (χ1n) is 8.11. The molecule has 2 atom stereocenters. The number of amides is 1. The first-order valence-corrected chi connectivity index (χ1v) is 8.11. The molecule has 0 aromatic rings. The Morgan fingerprint density at radius 1 is 1.21 bits per heavy atom. The van der Waals surface area contributed by atoms with Gasteiger partial charge in [-0.25, -0.2) is 0 Å². The summed E-state index contributed by atoms with van der Waals surface area (Å²) in [6, 6.07) is 0.0571. The number of unbranched alkanes of at least 4 members (excludes halogenated alkanes) is 1. The molecule has 3 heteroatoms. The maximum absolute atomic E-state index is 12.6. The quantitative estimate of drug-likeness (QED) is 0.732. The van der Waals surface area contributed by atoms with Crippen LogP contribution in [-0.4, -0.2) is 29.6 Å². The van der Waals surface area contributed by atoms with E-state index in [0.717, 1.165) is 38.6 Å². The van der Waals surface area contributed by atoms with Gasteiger partial charge in [-0.2, -0.15) is 0 Å². The van der Waals surface area contributed by atoms with Gasteiger partial charge in [0.1, 0.15) is 0 Å². The second kappa shape index (κ2) is 7.88. The summed E-state index contributed by atoms with van der Waals surface area (Å²) in [5.74, 6) is 1.45. The molecule has 1 saturated heterocycles. The lowest BCUT2D eigenvalue weighted by Crippen LogP contribution is -2.43. The Balaban J connectivity index is 2.71. The van der Waals surface area contributed by atoms with Crippen LogP contribution in [0.25, 0.3) is 0 Å². The van der Waals surface area contributed by atoms with E-state index in [9.17, 15) is 4.79 Å². The van der Waals surface area contributed by atoms with E-state index in [1.807, 2.05) is 0 Å². The van der Waals surface area contributed by atoms with Crippen molar-refractivity contribution in [3.63, 3.8) is 0 Å². The summed E-state index contributed by atoms with van der Waals surface area (Å²) in [5, 5.41) is 3.55. The molecule has 0 aromatic heterocycles. The molecule has 1 fully saturated rings.